The van der Waals surface area contributed by atoms with Gasteiger partial charge in [-0.05, 0) is 19.9 Å². The molecule has 1 aromatic rings. The average Bonchev–Trinajstić information content (AvgIpc) is 2.29. The molecule has 1 aromatic heterocycles. The van der Waals surface area contributed by atoms with Gasteiger partial charge in [0.25, 0.3) is 0 Å². The fourth-order valence-corrected chi connectivity index (χ4v) is 1.26. The molecule has 0 aliphatic heterocycles. The molecule has 17 heavy (non-hydrogen) atoms. The summed E-state index contributed by atoms with van der Waals surface area (Å²) in [6.07, 6.45) is 4.12. The Hall–Kier alpha value is -1.36. The molecule has 0 aromatic carbocycles. The van der Waals surface area contributed by atoms with Gasteiger partial charge < -0.3 is 14.8 Å². The van der Waals surface area contributed by atoms with E-state index in [0.717, 1.165) is 13.0 Å². The van der Waals surface area contributed by atoms with Gasteiger partial charge in [0.15, 0.2) is 0 Å². The van der Waals surface area contributed by atoms with Crippen LogP contribution in [0.15, 0.2) is 12.4 Å². The maximum Gasteiger partial charge on any atom is 0.235 e. The molecule has 0 saturated heterocycles. The lowest BCUT2D eigenvalue weighted by Crippen LogP contribution is -2.24. The van der Waals surface area contributed by atoms with Crippen LogP contribution in [0.5, 0.6) is 11.8 Å². The number of nitrogens with zero attached hydrogens (tertiary/aromatic N) is 2. The maximum atomic E-state index is 5.48. The van der Waals surface area contributed by atoms with Crippen molar-refractivity contribution in [2.24, 2.45) is 0 Å². The molecule has 0 spiro atoms. The fraction of sp³-hybridized carbons (Fsp3) is 0.667. The summed E-state index contributed by atoms with van der Waals surface area (Å²) in [7, 11) is 0. The second kappa shape index (κ2) is 7.84. The highest BCUT2D eigenvalue weighted by molar-refractivity contribution is 5.12. The molecule has 0 radical (unpaired) electrons. The number of aromatic nitrogens is 2. The van der Waals surface area contributed by atoms with Gasteiger partial charge in [0.1, 0.15) is 0 Å². The predicted octanol–water partition coefficient (Wildman–Crippen LogP) is 1.64. The molecule has 1 N–H and O–H groups in total. The van der Waals surface area contributed by atoms with Gasteiger partial charge in [-0.15, -0.1) is 0 Å². The summed E-state index contributed by atoms with van der Waals surface area (Å²) in [5.74, 6) is 1.02. The first-order valence-electron chi connectivity index (χ1n) is 6.03. The van der Waals surface area contributed by atoms with Crippen LogP contribution in [0.2, 0.25) is 0 Å². The van der Waals surface area contributed by atoms with E-state index in [2.05, 4.69) is 29.1 Å². The SMILES string of the molecule is CCOc1cncc(OCCCNC(C)C)n1. The van der Waals surface area contributed by atoms with Crippen LogP contribution in [0, 0.1) is 0 Å². The molecule has 1 rings (SSSR count). The van der Waals surface area contributed by atoms with Gasteiger partial charge in [-0.1, -0.05) is 13.8 Å². The molecule has 0 aliphatic rings. The third-order valence-electron chi connectivity index (χ3n) is 2.01. The standard InChI is InChI=1S/C12H21N3O2/c1-4-16-11-8-13-9-12(15-11)17-7-5-6-14-10(2)3/h8-10,14H,4-7H2,1-3H3. The second-order valence-corrected chi connectivity index (χ2v) is 3.94. The molecule has 0 saturated carbocycles. The summed E-state index contributed by atoms with van der Waals surface area (Å²) in [5.41, 5.74) is 0. The Balaban J connectivity index is 2.24. The summed E-state index contributed by atoms with van der Waals surface area (Å²) in [6.45, 7) is 8.30. The minimum absolute atomic E-state index is 0.505. The van der Waals surface area contributed by atoms with Crippen molar-refractivity contribution >= 4 is 0 Å². The van der Waals surface area contributed by atoms with Gasteiger partial charge in [0.2, 0.25) is 11.8 Å². The smallest absolute Gasteiger partial charge is 0.235 e. The molecule has 0 atom stereocenters. The third kappa shape index (κ3) is 6.06. The predicted molar refractivity (Wildman–Crippen MR) is 66.5 cm³/mol. The van der Waals surface area contributed by atoms with Crippen molar-refractivity contribution in [2.45, 2.75) is 33.2 Å². The van der Waals surface area contributed by atoms with E-state index in [1.165, 1.54) is 0 Å². The van der Waals surface area contributed by atoms with Gasteiger partial charge in [-0.2, -0.15) is 4.98 Å². The molecular formula is C12H21N3O2. The molecule has 5 nitrogen and oxygen atoms in total. The summed E-state index contributed by atoms with van der Waals surface area (Å²) in [6, 6.07) is 0.510. The van der Waals surface area contributed by atoms with Gasteiger partial charge in [0, 0.05) is 6.04 Å². The normalized spacial score (nSPS) is 10.6. The average molecular weight is 239 g/mol. The Labute approximate surface area is 103 Å². The van der Waals surface area contributed by atoms with Crippen LogP contribution >= 0.6 is 0 Å². The van der Waals surface area contributed by atoms with Crippen LogP contribution < -0.4 is 14.8 Å². The van der Waals surface area contributed by atoms with Crippen molar-refractivity contribution in [1.29, 1.82) is 0 Å². The summed E-state index contributed by atoms with van der Waals surface area (Å²) >= 11 is 0. The Morgan fingerprint density at radius 2 is 1.94 bits per heavy atom. The summed E-state index contributed by atoms with van der Waals surface area (Å²) in [5, 5.41) is 3.32. The summed E-state index contributed by atoms with van der Waals surface area (Å²) in [4.78, 5) is 8.17. The molecule has 0 amide bonds. The molecule has 5 heteroatoms. The first-order valence-corrected chi connectivity index (χ1v) is 6.03. The first-order chi connectivity index (χ1) is 8.22. The number of nitrogens with one attached hydrogen (secondary N) is 1. The molecular weight excluding hydrogens is 218 g/mol. The lowest BCUT2D eigenvalue weighted by molar-refractivity contribution is 0.278. The van der Waals surface area contributed by atoms with Crippen LogP contribution in [0.25, 0.3) is 0 Å². The van der Waals surface area contributed by atoms with Crippen molar-refractivity contribution in [3.8, 4) is 11.8 Å². The zero-order chi connectivity index (χ0) is 12.5. The van der Waals surface area contributed by atoms with E-state index in [1.807, 2.05) is 6.92 Å². The lowest BCUT2D eigenvalue weighted by Gasteiger charge is -2.09. The number of rotatable bonds is 8. The Kier molecular flexibility index (Phi) is 6.32. The van der Waals surface area contributed by atoms with Crippen LogP contribution in [0.3, 0.4) is 0 Å². The van der Waals surface area contributed by atoms with Crippen LogP contribution in [0.1, 0.15) is 27.2 Å². The van der Waals surface area contributed by atoms with Crippen LogP contribution in [0.4, 0.5) is 0 Å². The minimum Gasteiger partial charge on any atom is -0.477 e. The zero-order valence-corrected chi connectivity index (χ0v) is 10.8. The van der Waals surface area contributed by atoms with Crippen molar-refractivity contribution in [3.63, 3.8) is 0 Å². The Morgan fingerprint density at radius 3 is 2.59 bits per heavy atom. The van der Waals surface area contributed by atoms with E-state index in [9.17, 15) is 0 Å². The third-order valence-corrected chi connectivity index (χ3v) is 2.01. The molecule has 0 unspecified atom stereocenters. The highest BCUT2D eigenvalue weighted by Crippen LogP contribution is 2.10. The van der Waals surface area contributed by atoms with E-state index in [0.29, 0.717) is 31.0 Å². The number of hydrogen-bond donors (Lipinski definition) is 1. The quantitative estimate of drug-likeness (QED) is 0.699. The molecule has 1 heterocycles. The topological polar surface area (TPSA) is 56.3 Å². The van der Waals surface area contributed by atoms with Gasteiger partial charge in [0.05, 0.1) is 25.6 Å². The molecule has 96 valence electrons. The number of ether oxygens (including phenoxy) is 2. The van der Waals surface area contributed by atoms with Crippen molar-refractivity contribution in [3.05, 3.63) is 12.4 Å². The van der Waals surface area contributed by atoms with Gasteiger partial charge in [-0.25, -0.2) is 0 Å². The fourth-order valence-electron chi connectivity index (χ4n) is 1.26. The highest BCUT2D eigenvalue weighted by Gasteiger charge is 2.00. The minimum atomic E-state index is 0.505. The maximum absolute atomic E-state index is 5.48. The van der Waals surface area contributed by atoms with Crippen molar-refractivity contribution < 1.29 is 9.47 Å². The Bertz CT molecular complexity index is 318. The van der Waals surface area contributed by atoms with Gasteiger partial charge >= 0.3 is 0 Å². The van der Waals surface area contributed by atoms with Crippen LogP contribution in [-0.4, -0.2) is 35.8 Å². The second-order valence-electron chi connectivity index (χ2n) is 3.94. The largest absolute Gasteiger partial charge is 0.477 e. The molecule has 0 fully saturated rings. The van der Waals surface area contributed by atoms with E-state index >= 15 is 0 Å². The van der Waals surface area contributed by atoms with Gasteiger partial charge in [-0.3, -0.25) is 4.98 Å². The molecule has 0 aliphatic carbocycles. The van der Waals surface area contributed by atoms with Crippen LogP contribution in [-0.2, 0) is 0 Å². The lowest BCUT2D eigenvalue weighted by atomic mass is 10.3. The van der Waals surface area contributed by atoms with E-state index in [1.54, 1.807) is 12.4 Å². The Morgan fingerprint density at radius 1 is 1.24 bits per heavy atom. The van der Waals surface area contributed by atoms with E-state index < -0.39 is 0 Å². The molecule has 0 bridgehead atoms. The monoisotopic (exact) mass is 239 g/mol. The van der Waals surface area contributed by atoms with E-state index in [-0.39, 0.29) is 0 Å². The first kappa shape index (κ1) is 13.7. The zero-order valence-electron chi connectivity index (χ0n) is 10.8. The van der Waals surface area contributed by atoms with Crippen molar-refractivity contribution in [1.82, 2.24) is 15.3 Å². The van der Waals surface area contributed by atoms with Crippen molar-refractivity contribution in [2.75, 3.05) is 19.8 Å². The summed E-state index contributed by atoms with van der Waals surface area (Å²) < 4.78 is 10.7. The van der Waals surface area contributed by atoms with E-state index in [4.69, 9.17) is 9.47 Å². The highest BCUT2D eigenvalue weighted by atomic mass is 16.5. The number of hydrogen-bond acceptors (Lipinski definition) is 5.